The van der Waals surface area contributed by atoms with Crippen molar-refractivity contribution in [3.8, 4) is 0 Å². The van der Waals surface area contributed by atoms with E-state index in [0.717, 1.165) is 12.5 Å². The molecular formula is C14H27NO. The van der Waals surface area contributed by atoms with Gasteiger partial charge in [-0.3, -0.25) is 0 Å². The summed E-state index contributed by atoms with van der Waals surface area (Å²) in [5.74, 6) is 0.829. The Bertz CT molecular complexity index is 272. The zero-order chi connectivity index (χ0) is 12.0. The zero-order valence-corrected chi connectivity index (χ0v) is 11.5. The van der Waals surface area contributed by atoms with Gasteiger partial charge in [-0.1, -0.05) is 6.92 Å². The fourth-order valence-electron chi connectivity index (χ4n) is 3.86. The summed E-state index contributed by atoms with van der Waals surface area (Å²) in [6, 6.07) is 0. The summed E-state index contributed by atoms with van der Waals surface area (Å²) in [7, 11) is 0. The van der Waals surface area contributed by atoms with Crippen molar-refractivity contribution in [2.45, 2.75) is 65.1 Å². The second-order valence-electron chi connectivity index (χ2n) is 6.81. The van der Waals surface area contributed by atoms with Gasteiger partial charge in [0.1, 0.15) is 0 Å². The van der Waals surface area contributed by atoms with Gasteiger partial charge < -0.3 is 10.1 Å². The summed E-state index contributed by atoms with van der Waals surface area (Å²) in [5, 5.41) is 3.56. The minimum absolute atomic E-state index is 0.0645. The van der Waals surface area contributed by atoms with Crippen LogP contribution in [0, 0.1) is 11.3 Å². The first-order valence-corrected chi connectivity index (χ1v) is 6.74. The van der Waals surface area contributed by atoms with Gasteiger partial charge in [0.25, 0.3) is 0 Å². The predicted molar refractivity (Wildman–Crippen MR) is 67.6 cm³/mol. The molecule has 1 aliphatic carbocycles. The lowest BCUT2D eigenvalue weighted by atomic mass is 9.82. The molecule has 94 valence electrons. The van der Waals surface area contributed by atoms with E-state index in [2.05, 4.69) is 39.9 Å². The Labute approximate surface area is 100 Å². The van der Waals surface area contributed by atoms with Crippen LogP contribution in [-0.2, 0) is 4.74 Å². The van der Waals surface area contributed by atoms with Crippen molar-refractivity contribution in [3.05, 3.63) is 0 Å². The van der Waals surface area contributed by atoms with Crippen molar-refractivity contribution in [1.82, 2.24) is 5.32 Å². The zero-order valence-electron chi connectivity index (χ0n) is 11.5. The van der Waals surface area contributed by atoms with Crippen molar-refractivity contribution in [2.24, 2.45) is 11.3 Å². The van der Waals surface area contributed by atoms with Crippen molar-refractivity contribution < 1.29 is 4.74 Å². The Hall–Kier alpha value is -0.0800. The van der Waals surface area contributed by atoms with Crippen LogP contribution in [0.2, 0.25) is 0 Å². The van der Waals surface area contributed by atoms with Crippen LogP contribution in [0.3, 0.4) is 0 Å². The van der Waals surface area contributed by atoms with E-state index in [9.17, 15) is 0 Å². The van der Waals surface area contributed by atoms with E-state index < -0.39 is 0 Å². The largest absolute Gasteiger partial charge is 0.369 e. The third-order valence-electron chi connectivity index (χ3n) is 4.52. The first kappa shape index (κ1) is 12.4. The molecule has 1 saturated heterocycles. The van der Waals surface area contributed by atoms with Crippen molar-refractivity contribution in [2.75, 3.05) is 13.1 Å². The molecule has 2 heteroatoms. The predicted octanol–water partition coefficient (Wildman–Crippen LogP) is 2.97. The second-order valence-corrected chi connectivity index (χ2v) is 6.81. The van der Waals surface area contributed by atoms with Gasteiger partial charge in [-0.05, 0) is 66.0 Å². The molecule has 1 saturated carbocycles. The maximum Gasteiger partial charge on any atom is 0.0694 e. The van der Waals surface area contributed by atoms with Gasteiger partial charge in [-0.2, -0.15) is 0 Å². The molecule has 1 heterocycles. The fourth-order valence-corrected chi connectivity index (χ4v) is 3.86. The summed E-state index contributed by atoms with van der Waals surface area (Å²) in [6.45, 7) is 13.6. The molecule has 2 aliphatic rings. The summed E-state index contributed by atoms with van der Waals surface area (Å²) in [6.07, 6.45) is 3.80. The molecule has 16 heavy (non-hydrogen) atoms. The summed E-state index contributed by atoms with van der Waals surface area (Å²) in [4.78, 5) is 0. The van der Waals surface area contributed by atoms with Crippen LogP contribution in [-0.4, -0.2) is 24.3 Å². The molecule has 1 spiro atoms. The lowest BCUT2D eigenvalue weighted by Gasteiger charge is -2.28. The van der Waals surface area contributed by atoms with Gasteiger partial charge in [-0.25, -0.2) is 0 Å². The molecule has 0 aromatic rings. The summed E-state index contributed by atoms with van der Waals surface area (Å²) >= 11 is 0. The summed E-state index contributed by atoms with van der Waals surface area (Å²) < 4.78 is 6.22. The highest BCUT2D eigenvalue weighted by atomic mass is 16.5. The lowest BCUT2D eigenvalue weighted by molar-refractivity contribution is -0.0798. The smallest absolute Gasteiger partial charge is 0.0694 e. The van der Waals surface area contributed by atoms with Crippen LogP contribution >= 0.6 is 0 Å². The number of hydrogen-bond acceptors (Lipinski definition) is 2. The molecule has 0 bridgehead atoms. The van der Waals surface area contributed by atoms with Crippen LogP contribution in [0.1, 0.15) is 53.9 Å². The molecular weight excluding hydrogens is 198 g/mol. The molecule has 2 rings (SSSR count). The standard InChI is InChI=1S/C14H27NO/c1-6-7-15-9-11-8-14(11)10-12(2,3)16-13(14,4)5/h11,15H,6-10H2,1-5H3. The van der Waals surface area contributed by atoms with Gasteiger partial charge in [0.15, 0.2) is 0 Å². The highest BCUT2D eigenvalue weighted by molar-refractivity contribution is 5.18. The molecule has 0 aromatic carbocycles. The molecule has 1 N–H and O–H groups in total. The van der Waals surface area contributed by atoms with Gasteiger partial charge in [-0.15, -0.1) is 0 Å². The normalized spacial score (nSPS) is 39.2. The number of nitrogens with one attached hydrogen (secondary N) is 1. The minimum Gasteiger partial charge on any atom is -0.369 e. The van der Waals surface area contributed by atoms with E-state index in [1.165, 1.54) is 25.8 Å². The molecule has 0 aromatic heterocycles. The van der Waals surface area contributed by atoms with E-state index in [4.69, 9.17) is 4.74 Å². The van der Waals surface area contributed by atoms with Gasteiger partial charge in [0, 0.05) is 5.41 Å². The molecule has 2 atom stereocenters. The van der Waals surface area contributed by atoms with Crippen LogP contribution in [0.4, 0.5) is 0 Å². The first-order valence-electron chi connectivity index (χ1n) is 6.74. The number of hydrogen-bond donors (Lipinski definition) is 1. The molecule has 0 amide bonds. The van der Waals surface area contributed by atoms with Gasteiger partial charge in [0.05, 0.1) is 11.2 Å². The monoisotopic (exact) mass is 225 g/mol. The SMILES string of the molecule is CCCNCC1CC12CC(C)(C)OC2(C)C. The van der Waals surface area contributed by atoms with E-state index in [0.29, 0.717) is 5.41 Å². The quantitative estimate of drug-likeness (QED) is 0.743. The fraction of sp³-hybridized carbons (Fsp3) is 1.00. The number of ether oxygens (including phenoxy) is 1. The average molecular weight is 225 g/mol. The van der Waals surface area contributed by atoms with Crippen molar-refractivity contribution in [3.63, 3.8) is 0 Å². The van der Waals surface area contributed by atoms with Gasteiger partial charge >= 0.3 is 0 Å². The Morgan fingerprint density at radius 3 is 2.44 bits per heavy atom. The lowest BCUT2D eigenvalue weighted by Crippen LogP contribution is -2.33. The maximum atomic E-state index is 6.22. The van der Waals surface area contributed by atoms with Crippen molar-refractivity contribution in [1.29, 1.82) is 0 Å². The van der Waals surface area contributed by atoms with Crippen LogP contribution < -0.4 is 5.32 Å². The molecule has 2 fully saturated rings. The maximum absolute atomic E-state index is 6.22. The van der Waals surface area contributed by atoms with Crippen molar-refractivity contribution >= 4 is 0 Å². The van der Waals surface area contributed by atoms with Gasteiger partial charge in [0.2, 0.25) is 0 Å². The molecule has 0 radical (unpaired) electrons. The number of rotatable bonds is 4. The first-order chi connectivity index (χ1) is 7.33. The van der Waals surface area contributed by atoms with E-state index in [1.54, 1.807) is 0 Å². The van der Waals surface area contributed by atoms with E-state index in [1.807, 2.05) is 0 Å². The molecule has 2 unspecified atom stereocenters. The molecule has 1 aliphatic heterocycles. The highest BCUT2D eigenvalue weighted by Crippen LogP contribution is 2.69. The molecule has 2 nitrogen and oxygen atoms in total. The Balaban J connectivity index is 1.95. The summed E-state index contributed by atoms with van der Waals surface area (Å²) in [5.41, 5.74) is 0.593. The third-order valence-corrected chi connectivity index (χ3v) is 4.52. The minimum atomic E-state index is 0.0645. The third kappa shape index (κ3) is 1.91. The van der Waals surface area contributed by atoms with E-state index in [-0.39, 0.29) is 11.2 Å². The average Bonchev–Trinajstić information content (AvgIpc) is 2.73. The second kappa shape index (κ2) is 3.71. The highest BCUT2D eigenvalue weighted by Gasteiger charge is 2.69. The Kier molecular flexibility index (Phi) is 2.87. The van der Waals surface area contributed by atoms with E-state index >= 15 is 0 Å². The topological polar surface area (TPSA) is 21.3 Å². The van der Waals surface area contributed by atoms with Crippen LogP contribution in [0.15, 0.2) is 0 Å². The van der Waals surface area contributed by atoms with Crippen LogP contribution in [0.5, 0.6) is 0 Å². The Morgan fingerprint density at radius 2 is 1.94 bits per heavy atom. The Morgan fingerprint density at radius 1 is 1.25 bits per heavy atom. The van der Waals surface area contributed by atoms with Crippen LogP contribution in [0.25, 0.3) is 0 Å².